The molecule has 0 aliphatic carbocycles. The van der Waals surface area contributed by atoms with Crippen molar-refractivity contribution >= 4 is 28.6 Å². The number of nitrogens with one attached hydrogen (secondary N) is 1. The van der Waals surface area contributed by atoms with Gasteiger partial charge in [-0.2, -0.15) is 0 Å². The largest absolute Gasteiger partial charge is 0.496 e. The number of hydrogen-bond donors (Lipinski definition) is 2. The average Bonchev–Trinajstić information content (AvgIpc) is 2.82. The Balaban J connectivity index is 2.21. The van der Waals surface area contributed by atoms with Crippen molar-refractivity contribution in [2.45, 2.75) is 0 Å². The van der Waals surface area contributed by atoms with Gasteiger partial charge in [-0.3, -0.25) is 4.79 Å². The molecule has 0 bridgehead atoms. The zero-order valence-electron chi connectivity index (χ0n) is 9.57. The van der Waals surface area contributed by atoms with E-state index in [9.17, 15) is 9.18 Å². The third-order valence-corrected chi connectivity index (χ3v) is 3.23. The second-order valence-corrected chi connectivity index (χ2v) is 4.42. The zero-order chi connectivity index (χ0) is 13.1. The molecule has 0 atom stereocenters. The van der Waals surface area contributed by atoms with E-state index in [2.05, 4.69) is 5.32 Å². The molecule has 1 aromatic heterocycles. The molecule has 0 aliphatic rings. The number of para-hydroxylation sites is 1. The molecule has 1 aromatic carbocycles. The van der Waals surface area contributed by atoms with Crippen LogP contribution in [0, 0.1) is 5.82 Å². The minimum absolute atomic E-state index is 0.00475. The summed E-state index contributed by atoms with van der Waals surface area (Å²) in [6.45, 7) is 0. The summed E-state index contributed by atoms with van der Waals surface area (Å²) in [4.78, 5) is 12.3. The third kappa shape index (κ3) is 2.43. The highest BCUT2D eigenvalue weighted by atomic mass is 32.1. The molecule has 0 saturated carbocycles. The Morgan fingerprint density at radius 3 is 2.89 bits per heavy atom. The van der Waals surface area contributed by atoms with E-state index in [-0.39, 0.29) is 11.4 Å². The van der Waals surface area contributed by atoms with Crippen LogP contribution in [0.15, 0.2) is 29.6 Å². The van der Waals surface area contributed by atoms with Crippen LogP contribution in [0.3, 0.4) is 0 Å². The van der Waals surface area contributed by atoms with Gasteiger partial charge < -0.3 is 15.8 Å². The van der Waals surface area contributed by atoms with Crippen molar-refractivity contribution in [3.8, 4) is 5.75 Å². The van der Waals surface area contributed by atoms with Crippen LogP contribution in [0.1, 0.15) is 9.67 Å². The second-order valence-electron chi connectivity index (χ2n) is 3.51. The van der Waals surface area contributed by atoms with Crippen LogP contribution in [0.5, 0.6) is 5.75 Å². The summed E-state index contributed by atoms with van der Waals surface area (Å²) in [7, 11) is 1.51. The summed E-state index contributed by atoms with van der Waals surface area (Å²) in [5.41, 5.74) is 5.79. The van der Waals surface area contributed by atoms with Gasteiger partial charge in [0.25, 0.3) is 5.91 Å². The monoisotopic (exact) mass is 266 g/mol. The molecule has 94 valence electrons. The van der Waals surface area contributed by atoms with E-state index in [0.717, 1.165) is 0 Å². The van der Waals surface area contributed by atoms with Crippen molar-refractivity contribution in [3.63, 3.8) is 0 Å². The highest BCUT2D eigenvalue weighted by Gasteiger charge is 2.13. The Kier molecular flexibility index (Phi) is 3.47. The topological polar surface area (TPSA) is 64.3 Å². The smallest absolute Gasteiger partial charge is 0.266 e. The lowest BCUT2D eigenvalue weighted by Gasteiger charge is -2.07. The predicted octanol–water partition coefficient (Wildman–Crippen LogP) is 2.73. The van der Waals surface area contributed by atoms with Gasteiger partial charge in [-0.05, 0) is 12.1 Å². The van der Waals surface area contributed by atoms with Crippen molar-refractivity contribution in [2.75, 3.05) is 18.2 Å². The molecule has 0 spiro atoms. The molecular formula is C12H11FN2O2S. The van der Waals surface area contributed by atoms with E-state index in [1.54, 1.807) is 11.4 Å². The van der Waals surface area contributed by atoms with Gasteiger partial charge in [0.1, 0.15) is 17.3 Å². The number of hydrogen-bond acceptors (Lipinski definition) is 4. The zero-order valence-corrected chi connectivity index (χ0v) is 10.4. The fourth-order valence-corrected chi connectivity index (χ4v) is 2.14. The maximum Gasteiger partial charge on any atom is 0.266 e. The van der Waals surface area contributed by atoms with Gasteiger partial charge in [0.05, 0.1) is 17.7 Å². The maximum atomic E-state index is 13.5. The Morgan fingerprint density at radius 1 is 1.50 bits per heavy atom. The van der Waals surface area contributed by atoms with E-state index in [1.807, 2.05) is 0 Å². The number of nitrogens with two attached hydrogens (primary N) is 1. The molecule has 0 saturated heterocycles. The Morgan fingerprint density at radius 2 is 2.28 bits per heavy atom. The van der Waals surface area contributed by atoms with Crippen molar-refractivity contribution in [1.29, 1.82) is 0 Å². The summed E-state index contributed by atoms with van der Waals surface area (Å²) >= 11 is 1.21. The Bertz CT molecular complexity index is 563. The number of benzene rings is 1. The first kappa shape index (κ1) is 12.4. The SMILES string of the molecule is COc1csc(C(=O)Nc2c(N)cccc2F)c1. The standard InChI is InChI=1S/C12H11FN2O2S/c1-17-7-5-10(18-6-7)12(16)15-11-8(13)3-2-4-9(11)14/h2-6H,14H2,1H3,(H,15,16). The lowest BCUT2D eigenvalue weighted by molar-refractivity contribution is 0.103. The molecule has 0 fully saturated rings. The Labute approximate surface area is 107 Å². The summed E-state index contributed by atoms with van der Waals surface area (Å²) in [5, 5.41) is 4.14. The predicted molar refractivity (Wildman–Crippen MR) is 69.6 cm³/mol. The van der Waals surface area contributed by atoms with Crippen LogP contribution in [-0.2, 0) is 0 Å². The third-order valence-electron chi connectivity index (χ3n) is 2.32. The van der Waals surface area contributed by atoms with E-state index in [0.29, 0.717) is 10.6 Å². The molecule has 2 rings (SSSR count). The van der Waals surface area contributed by atoms with Crippen LogP contribution in [0.25, 0.3) is 0 Å². The first-order chi connectivity index (χ1) is 8.61. The number of nitrogen functional groups attached to an aromatic ring is 1. The molecule has 3 N–H and O–H groups in total. The fraction of sp³-hybridized carbons (Fsp3) is 0.0833. The fourth-order valence-electron chi connectivity index (χ4n) is 1.39. The molecule has 4 nitrogen and oxygen atoms in total. The number of ether oxygens (including phenoxy) is 1. The quantitative estimate of drug-likeness (QED) is 0.839. The molecule has 1 heterocycles. The van der Waals surface area contributed by atoms with E-state index < -0.39 is 11.7 Å². The number of rotatable bonds is 3. The molecule has 0 radical (unpaired) electrons. The molecule has 0 unspecified atom stereocenters. The van der Waals surface area contributed by atoms with Crippen LogP contribution >= 0.6 is 11.3 Å². The number of amides is 1. The van der Waals surface area contributed by atoms with Gasteiger partial charge in [-0.25, -0.2) is 4.39 Å². The van der Waals surface area contributed by atoms with E-state index >= 15 is 0 Å². The number of carbonyl (C=O) groups excluding carboxylic acids is 1. The van der Waals surface area contributed by atoms with Crippen LogP contribution in [0.2, 0.25) is 0 Å². The molecular weight excluding hydrogens is 255 g/mol. The van der Waals surface area contributed by atoms with Crippen molar-refractivity contribution in [2.24, 2.45) is 0 Å². The van der Waals surface area contributed by atoms with Crippen molar-refractivity contribution < 1.29 is 13.9 Å². The van der Waals surface area contributed by atoms with Crippen LogP contribution in [-0.4, -0.2) is 13.0 Å². The molecule has 0 aliphatic heterocycles. The summed E-state index contributed by atoms with van der Waals surface area (Å²) < 4.78 is 18.5. The summed E-state index contributed by atoms with van der Waals surface area (Å²) in [6, 6.07) is 5.82. The van der Waals surface area contributed by atoms with E-state index in [4.69, 9.17) is 10.5 Å². The number of thiophene rings is 1. The minimum atomic E-state index is -0.563. The number of halogens is 1. The lowest BCUT2D eigenvalue weighted by atomic mass is 10.2. The normalized spacial score (nSPS) is 10.1. The van der Waals surface area contributed by atoms with Gasteiger partial charge in [-0.1, -0.05) is 6.07 Å². The first-order valence-electron chi connectivity index (χ1n) is 5.09. The maximum absolute atomic E-state index is 13.5. The molecule has 18 heavy (non-hydrogen) atoms. The highest BCUT2D eigenvalue weighted by molar-refractivity contribution is 7.12. The van der Waals surface area contributed by atoms with Gasteiger partial charge in [0, 0.05) is 11.4 Å². The van der Waals surface area contributed by atoms with Crippen molar-refractivity contribution in [1.82, 2.24) is 0 Å². The average molecular weight is 266 g/mol. The lowest BCUT2D eigenvalue weighted by Crippen LogP contribution is -2.13. The minimum Gasteiger partial charge on any atom is -0.496 e. The first-order valence-corrected chi connectivity index (χ1v) is 5.97. The Hall–Kier alpha value is -2.08. The number of anilines is 2. The molecule has 1 amide bonds. The number of carbonyl (C=O) groups is 1. The molecule has 6 heteroatoms. The molecule has 2 aromatic rings. The van der Waals surface area contributed by atoms with Crippen LogP contribution in [0.4, 0.5) is 15.8 Å². The van der Waals surface area contributed by atoms with Gasteiger partial charge in [-0.15, -0.1) is 11.3 Å². The van der Waals surface area contributed by atoms with Gasteiger partial charge >= 0.3 is 0 Å². The van der Waals surface area contributed by atoms with Crippen LogP contribution < -0.4 is 15.8 Å². The van der Waals surface area contributed by atoms with Gasteiger partial charge in [0.15, 0.2) is 0 Å². The van der Waals surface area contributed by atoms with Crippen molar-refractivity contribution in [3.05, 3.63) is 40.3 Å². The second kappa shape index (κ2) is 5.05. The highest BCUT2D eigenvalue weighted by Crippen LogP contribution is 2.25. The number of methoxy groups -OCH3 is 1. The van der Waals surface area contributed by atoms with Gasteiger partial charge in [0.2, 0.25) is 0 Å². The summed E-state index contributed by atoms with van der Waals surface area (Å²) in [6.07, 6.45) is 0. The van der Waals surface area contributed by atoms with E-state index in [1.165, 1.54) is 36.6 Å². The summed E-state index contributed by atoms with van der Waals surface area (Å²) in [5.74, 6) is -0.390.